The molecule has 0 aromatic carbocycles. The van der Waals surface area contributed by atoms with E-state index in [0.29, 0.717) is 0 Å². The quantitative estimate of drug-likeness (QED) is 0.582. The SMILES string of the molecule is [2H]C([2H])(O)[C@H]1O[C@@H](n2cc(F)c(=O)[nH]c2=O)[C@@](F)(C#CCF)C1O. The van der Waals surface area contributed by atoms with Crippen LogP contribution in [0.1, 0.15) is 8.97 Å². The number of ether oxygens (including phenoxy) is 1. The van der Waals surface area contributed by atoms with Gasteiger partial charge in [0, 0.05) is 0 Å². The number of nitrogens with zero attached hydrogens (tertiary/aromatic N) is 1. The molecule has 2 rings (SSSR count). The van der Waals surface area contributed by atoms with Crippen molar-refractivity contribution in [3.8, 4) is 11.8 Å². The van der Waals surface area contributed by atoms with Gasteiger partial charge in [-0.25, -0.2) is 13.6 Å². The van der Waals surface area contributed by atoms with E-state index in [1.807, 2.05) is 0 Å². The Morgan fingerprint density at radius 2 is 2.27 bits per heavy atom. The van der Waals surface area contributed by atoms with Crippen LogP contribution >= 0.6 is 0 Å². The summed E-state index contributed by atoms with van der Waals surface area (Å²) in [7, 11) is 0. The number of aliphatic hydroxyl groups is 2. The van der Waals surface area contributed by atoms with E-state index in [9.17, 15) is 28.6 Å². The van der Waals surface area contributed by atoms with Gasteiger partial charge >= 0.3 is 5.69 Å². The zero-order valence-electron chi connectivity index (χ0n) is 12.7. The highest BCUT2D eigenvalue weighted by molar-refractivity contribution is 5.23. The van der Waals surface area contributed by atoms with Gasteiger partial charge in [0.2, 0.25) is 11.5 Å². The zero-order chi connectivity index (χ0) is 18.3. The van der Waals surface area contributed by atoms with Crippen LogP contribution in [0.15, 0.2) is 15.8 Å². The molecule has 10 heteroatoms. The first-order chi connectivity index (χ1) is 11.0. The largest absolute Gasteiger partial charge is 0.394 e. The van der Waals surface area contributed by atoms with Crippen molar-refractivity contribution in [1.29, 1.82) is 0 Å². The molecule has 22 heavy (non-hydrogen) atoms. The predicted molar refractivity (Wildman–Crippen MR) is 65.9 cm³/mol. The van der Waals surface area contributed by atoms with E-state index in [2.05, 4.69) is 0 Å². The first kappa shape index (κ1) is 13.6. The number of aliphatic hydroxyl groups excluding tert-OH is 1. The molecule has 0 aliphatic carbocycles. The third-order valence-electron chi connectivity index (χ3n) is 3.00. The van der Waals surface area contributed by atoms with Gasteiger partial charge in [0.25, 0.3) is 5.56 Å². The maximum Gasteiger partial charge on any atom is 0.330 e. The fraction of sp³-hybridized carbons (Fsp3) is 0.500. The molecule has 3 N–H and O–H groups in total. The smallest absolute Gasteiger partial charge is 0.330 e. The topological polar surface area (TPSA) is 105 Å². The minimum atomic E-state index is -3.26. The molecule has 1 aromatic rings. The zero-order valence-corrected chi connectivity index (χ0v) is 10.7. The normalized spacial score (nSPS) is 32.9. The fourth-order valence-electron chi connectivity index (χ4n) is 1.99. The average Bonchev–Trinajstić information content (AvgIpc) is 2.74. The Balaban J connectivity index is 2.64. The molecule has 0 saturated carbocycles. The molecule has 1 saturated heterocycles. The number of hydrogen-bond donors (Lipinski definition) is 3. The summed E-state index contributed by atoms with van der Waals surface area (Å²) in [5.41, 5.74) is -6.01. The number of hydrogen-bond acceptors (Lipinski definition) is 5. The molecule has 1 aliphatic heterocycles. The van der Waals surface area contributed by atoms with Crippen molar-refractivity contribution in [3.05, 3.63) is 32.9 Å². The Morgan fingerprint density at radius 1 is 1.59 bits per heavy atom. The Bertz CT molecular complexity index is 812. The Labute approximate surface area is 123 Å². The lowest BCUT2D eigenvalue weighted by atomic mass is 9.96. The van der Waals surface area contributed by atoms with Crippen molar-refractivity contribution >= 4 is 0 Å². The molecule has 0 amide bonds. The first-order valence-electron chi connectivity index (χ1n) is 6.84. The lowest BCUT2D eigenvalue weighted by Gasteiger charge is -2.23. The Morgan fingerprint density at radius 3 is 2.86 bits per heavy atom. The maximum atomic E-state index is 15.1. The summed E-state index contributed by atoms with van der Waals surface area (Å²) >= 11 is 0. The number of nitrogens with one attached hydrogen (secondary N) is 1. The van der Waals surface area contributed by atoms with E-state index < -0.39 is 54.4 Å². The minimum Gasteiger partial charge on any atom is -0.394 e. The van der Waals surface area contributed by atoms with E-state index in [0.717, 1.165) is 0 Å². The van der Waals surface area contributed by atoms with Gasteiger partial charge in [-0.3, -0.25) is 14.3 Å². The highest BCUT2D eigenvalue weighted by Crippen LogP contribution is 2.40. The van der Waals surface area contributed by atoms with Gasteiger partial charge in [0.1, 0.15) is 18.9 Å². The summed E-state index contributed by atoms with van der Waals surface area (Å²) in [5, 5.41) is 19.2. The van der Waals surface area contributed by atoms with E-state index in [1.54, 1.807) is 11.8 Å². The molecule has 0 bridgehead atoms. The molecule has 0 radical (unpaired) electrons. The number of aromatic amines is 1. The predicted octanol–water partition coefficient (Wildman–Crippen LogP) is -1.39. The van der Waals surface area contributed by atoms with Crippen molar-refractivity contribution in [2.45, 2.75) is 24.1 Å². The summed E-state index contributed by atoms with van der Waals surface area (Å²) in [6.07, 6.45) is -6.65. The average molecular weight is 322 g/mol. The molecule has 1 aliphatic rings. The number of aromatic nitrogens is 2. The van der Waals surface area contributed by atoms with E-state index in [-0.39, 0.29) is 10.8 Å². The van der Waals surface area contributed by atoms with Crippen molar-refractivity contribution < 1.29 is 30.9 Å². The van der Waals surface area contributed by atoms with E-state index in [4.69, 9.17) is 7.48 Å². The summed E-state index contributed by atoms with van der Waals surface area (Å²) < 4.78 is 59.9. The van der Waals surface area contributed by atoms with Crippen molar-refractivity contribution in [1.82, 2.24) is 9.55 Å². The number of H-pyrrole nitrogens is 1. The first-order valence-corrected chi connectivity index (χ1v) is 5.84. The second kappa shape index (κ2) is 5.96. The third kappa shape index (κ3) is 2.54. The molecule has 2 heterocycles. The fourth-order valence-corrected chi connectivity index (χ4v) is 1.99. The van der Waals surface area contributed by atoms with E-state index in [1.165, 1.54) is 4.98 Å². The Kier molecular flexibility index (Phi) is 3.67. The van der Waals surface area contributed by atoms with Crippen LogP contribution in [-0.4, -0.2) is 50.9 Å². The Hall–Kier alpha value is -2.09. The molecule has 4 atom stereocenters. The molecule has 1 fully saturated rings. The molecule has 0 spiro atoms. The van der Waals surface area contributed by atoms with Crippen LogP contribution in [0.4, 0.5) is 13.2 Å². The number of rotatable bonds is 2. The third-order valence-corrected chi connectivity index (χ3v) is 3.00. The van der Waals surface area contributed by atoms with Crippen LogP contribution in [0, 0.1) is 17.7 Å². The van der Waals surface area contributed by atoms with Gasteiger partial charge in [-0.2, -0.15) is 4.39 Å². The number of halogens is 3. The van der Waals surface area contributed by atoms with Gasteiger partial charge in [-0.1, -0.05) is 11.8 Å². The van der Waals surface area contributed by atoms with Crippen LogP contribution < -0.4 is 11.2 Å². The molecule has 7 nitrogen and oxygen atoms in total. The standard InChI is InChI=1S/C12H11F3N2O5/c13-3-1-2-12(15)8(19)7(5-18)22-10(12)17-4-6(14)9(20)16-11(17)21/h4,7-8,10,18-19H,3,5H2,(H,16,20,21)/t7-,8?,10-,12-/m1/s1/i5D2. The van der Waals surface area contributed by atoms with Gasteiger partial charge in [0.05, 0.1) is 15.5 Å². The summed E-state index contributed by atoms with van der Waals surface area (Å²) in [4.78, 5) is 24.3. The molecular formula is C12H11F3N2O5. The second-order valence-corrected chi connectivity index (χ2v) is 4.33. The van der Waals surface area contributed by atoms with Crippen LogP contribution in [0.5, 0.6) is 0 Å². The van der Waals surface area contributed by atoms with Crippen molar-refractivity contribution in [3.63, 3.8) is 0 Å². The lowest BCUT2D eigenvalue weighted by Crippen LogP contribution is -2.45. The van der Waals surface area contributed by atoms with Gasteiger partial charge < -0.3 is 14.9 Å². The van der Waals surface area contributed by atoms with Gasteiger partial charge in [-0.15, -0.1) is 0 Å². The highest BCUT2D eigenvalue weighted by Gasteiger charge is 2.57. The highest BCUT2D eigenvalue weighted by atomic mass is 19.1. The summed E-state index contributed by atoms with van der Waals surface area (Å²) in [5.74, 6) is 1.82. The summed E-state index contributed by atoms with van der Waals surface area (Å²) in [6.45, 7) is -4.59. The van der Waals surface area contributed by atoms with E-state index >= 15 is 4.39 Å². The lowest BCUT2D eigenvalue weighted by molar-refractivity contribution is -0.0547. The van der Waals surface area contributed by atoms with Crippen LogP contribution in [-0.2, 0) is 4.74 Å². The summed E-state index contributed by atoms with van der Waals surface area (Å²) in [6, 6.07) is 0. The van der Waals surface area contributed by atoms with Gasteiger partial charge in [0.15, 0.2) is 6.23 Å². The van der Waals surface area contributed by atoms with Crippen LogP contribution in [0.25, 0.3) is 0 Å². The second-order valence-electron chi connectivity index (χ2n) is 4.33. The monoisotopic (exact) mass is 322 g/mol. The van der Waals surface area contributed by atoms with Crippen LogP contribution in [0.2, 0.25) is 0 Å². The van der Waals surface area contributed by atoms with Crippen molar-refractivity contribution in [2.75, 3.05) is 13.2 Å². The maximum absolute atomic E-state index is 15.1. The van der Waals surface area contributed by atoms with Crippen molar-refractivity contribution in [2.24, 2.45) is 0 Å². The molecule has 1 unspecified atom stereocenters. The minimum absolute atomic E-state index is 0.179. The molecular weight excluding hydrogens is 309 g/mol. The number of alkyl halides is 2. The van der Waals surface area contributed by atoms with Crippen LogP contribution in [0.3, 0.4) is 0 Å². The molecule has 120 valence electrons. The molecule has 1 aromatic heterocycles. The van der Waals surface area contributed by atoms with Gasteiger partial charge in [-0.05, 0) is 0 Å².